The van der Waals surface area contributed by atoms with Gasteiger partial charge in [-0.3, -0.25) is 9.89 Å². The standard InChI is InChI=1S/C20H32N4/c1-20(2,15-22-19(21)23-18-10-4-3-5-11-18)24-13-12-16-8-6-7-9-17(16)14-24/h6-9,18H,3-5,10-15H2,1-2H3,(H3,21,22,23). The van der Waals surface area contributed by atoms with Crippen LogP contribution in [0.25, 0.3) is 0 Å². The van der Waals surface area contributed by atoms with Crippen LogP contribution in [0.4, 0.5) is 0 Å². The summed E-state index contributed by atoms with van der Waals surface area (Å²) in [7, 11) is 0. The van der Waals surface area contributed by atoms with Crippen LogP contribution >= 0.6 is 0 Å². The van der Waals surface area contributed by atoms with E-state index in [9.17, 15) is 0 Å². The van der Waals surface area contributed by atoms with Gasteiger partial charge in [-0.05, 0) is 44.2 Å². The highest BCUT2D eigenvalue weighted by molar-refractivity contribution is 5.78. The maximum absolute atomic E-state index is 6.14. The monoisotopic (exact) mass is 328 g/mol. The molecule has 1 saturated carbocycles. The van der Waals surface area contributed by atoms with E-state index >= 15 is 0 Å². The summed E-state index contributed by atoms with van der Waals surface area (Å²) in [5.41, 5.74) is 9.10. The Bertz CT molecular complexity index is 573. The van der Waals surface area contributed by atoms with Crippen molar-refractivity contribution in [3.8, 4) is 0 Å². The second-order valence-electron chi connectivity index (χ2n) is 7.93. The smallest absolute Gasteiger partial charge is 0.188 e. The molecule has 4 heteroatoms. The molecule has 0 atom stereocenters. The molecule has 0 bridgehead atoms. The Morgan fingerprint density at radius 2 is 1.92 bits per heavy atom. The van der Waals surface area contributed by atoms with Crippen molar-refractivity contribution in [3.05, 3.63) is 35.4 Å². The average Bonchev–Trinajstić information content (AvgIpc) is 2.60. The van der Waals surface area contributed by atoms with Crippen molar-refractivity contribution in [1.82, 2.24) is 10.2 Å². The van der Waals surface area contributed by atoms with Crippen LogP contribution in [-0.2, 0) is 13.0 Å². The molecular formula is C20H32N4. The van der Waals surface area contributed by atoms with Gasteiger partial charge < -0.3 is 11.1 Å². The Morgan fingerprint density at radius 3 is 2.67 bits per heavy atom. The van der Waals surface area contributed by atoms with Gasteiger partial charge in [-0.2, -0.15) is 0 Å². The van der Waals surface area contributed by atoms with E-state index in [2.05, 4.69) is 53.3 Å². The van der Waals surface area contributed by atoms with Crippen molar-refractivity contribution < 1.29 is 0 Å². The van der Waals surface area contributed by atoms with Crippen LogP contribution in [0.15, 0.2) is 29.3 Å². The predicted octanol–water partition coefficient (Wildman–Crippen LogP) is 3.06. The van der Waals surface area contributed by atoms with Gasteiger partial charge in [0.1, 0.15) is 0 Å². The van der Waals surface area contributed by atoms with E-state index in [4.69, 9.17) is 5.73 Å². The molecule has 1 aliphatic heterocycles. The van der Waals surface area contributed by atoms with E-state index in [0.717, 1.165) is 26.1 Å². The number of guanidine groups is 1. The molecule has 1 aromatic carbocycles. The van der Waals surface area contributed by atoms with Gasteiger partial charge in [-0.25, -0.2) is 0 Å². The Hall–Kier alpha value is -1.55. The number of nitrogens with one attached hydrogen (secondary N) is 1. The minimum Gasteiger partial charge on any atom is -0.370 e. The third-order valence-electron chi connectivity index (χ3n) is 5.58. The third-order valence-corrected chi connectivity index (χ3v) is 5.58. The Labute approximate surface area is 146 Å². The van der Waals surface area contributed by atoms with Gasteiger partial charge in [-0.15, -0.1) is 0 Å². The Balaban J connectivity index is 1.56. The first-order valence-corrected chi connectivity index (χ1v) is 9.43. The summed E-state index contributed by atoms with van der Waals surface area (Å²) >= 11 is 0. The van der Waals surface area contributed by atoms with Gasteiger partial charge in [0.05, 0.1) is 6.54 Å². The summed E-state index contributed by atoms with van der Waals surface area (Å²) in [6.45, 7) is 7.39. The number of nitrogens with two attached hydrogens (primary N) is 1. The van der Waals surface area contributed by atoms with E-state index in [0.29, 0.717) is 12.0 Å². The van der Waals surface area contributed by atoms with Crippen LogP contribution in [0.2, 0.25) is 0 Å². The molecular weight excluding hydrogens is 296 g/mol. The molecule has 3 N–H and O–H groups in total. The Kier molecular flexibility index (Phi) is 5.44. The van der Waals surface area contributed by atoms with E-state index < -0.39 is 0 Å². The quantitative estimate of drug-likeness (QED) is 0.660. The van der Waals surface area contributed by atoms with Crippen LogP contribution < -0.4 is 11.1 Å². The fraction of sp³-hybridized carbons (Fsp3) is 0.650. The molecule has 1 heterocycles. The van der Waals surface area contributed by atoms with Crippen molar-refractivity contribution in [2.45, 2.75) is 70.5 Å². The minimum absolute atomic E-state index is 0.0202. The predicted molar refractivity (Wildman–Crippen MR) is 101 cm³/mol. The summed E-state index contributed by atoms with van der Waals surface area (Å²) in [5, 5.41) is 3.42. The molecule has 4 nitrogen and oxygen atoms in total. The summed E-state index contributed by atoms with van der Waals surface area (Å²) < 4.78 is 0. The zero-order valence-corrected chi connectivity index (χ0v) is 15.2. The van der Waals surface area contributed by atoms with Crippen LogP contribution in [0, 0.1) is 0 Å². The largest absolute Gasteiger partial charge is 0.370 e. The van der Waals surface area contributed by atoms with Crippen molar-refractivity contribution >= 4 is 5.96 Å². The minimum atomic E-state index is 0.0202. The number of benzene rings is 1. The topological polar surface area (TPSA) is 53.6 Å². The molecule has 2 aliphatic rings. The number of nitrogens with zero attached hydrogens (tertiary/aromatic N) is 2. The van der Waals surface area contributed by atoms with Gasteiger partial charge in [0.15, 0.2) is 5.96 Å². The summed E-state index contributed by atoms with van der Waals surface area (Å²) in [4.78, 5) is 7.20. The molecule has 1 aromatic rings. The average molecular weight is 329 g/mol. The molecule has 0 radical (unpaired) electrons. The van der Waals surface area contributed by atoms with Crippen molar-refractivity contribution in [2.75, 3.05) is 13.1 Å². The van der Waals surface area contributed by atoms with Gasteiger partial charge in [0, 0.05) is 24.7 Å². The van der Waals surface area contributed by atoms with Crippen LogP contribution in [0.3, 0.4) is 0 Å². The molecule has 3 rings (SSSR count). The normalized spacial score (nSPS) is 20.7. The molecule has 0 spiro atoms. The molecule has 24 heavy (non-hydrogen) atoms. The van der Waals surface area contributed by atoms with Crippen LogP contribution in [0.5, 0.6) is 0 Å². The first-order valence-electron chi connectivity index (χ1n) is 9.43. The lowest BCUT2D eigenvalue weighted by Crippen LogP contribution is -2.49. The lowest BCUT2D eigenvalue weighted by Gasteiger charge is -2.40. The van der Waals surface area contributed by atoms with Crippen LogP contribution in [0.1, 0.15) is 57.1 Å². The maximum atomic E-state index is 6.14. The van der Waals surface area contributed by atoms with E-state index in [1.165, 1.54) is 43.2 Å². The summed E-state index contributed by atoms with van der Waals surface area (Å²) in [6.07, 6.45) is 7.55. The van der Waals surface area contributed by atoms with Crippen molar-refractivity contribution in [3.63, 3.8) is 0 Å². The zero-order valence-electron chi connectivity index (χ0n) is 15.2. The van der Waals surface area contributed by atoms with E-state index in [-0.39, 0.29) is 5.54 Å². The van der Waals surface area contributed by atoms with Crippen LogP contribution in [-0.4, -0.2) is 35.5 Å². The number of rotatable bonds is 4. The fourth-order valence-electron chi connectivity index (χ4n) is 3.89. The van der Waals surface area contributed by atoms with Gasteiger partial charge in [0.25, 0.3) is 0 Å². The number of aliphatic imine (C=N–C) groups is 1. The number of fused-ring (bicyclic) bond motifs is 1. The third kappa shape index (κ3) is 4.29. The van der Waals surface area contributed by atoms with Crippen molar-refractivity contribution in [1.29, 1.82) is 0 Å². The highest BCUT2D eigenvalue weighted by Crippen LogP contribution is 2.25. The highest BCUT2D eigenvalue weighted by atomic mass is 15.2. The molecule has 1 fully saturated rings. The summed E-state index contributed by atoms with van der Waals surface area (Å²) in [5.74, 6) is 0.618. The first-order chi connectivity index (χ1) is 11.5. The molecule has 1 aliphatic carbocycles. The second kappa shape index (κ2) is 7.56. The molecule has 132 valence electrons. The number of hydrogen-bond donors (Lipinski definition) is 2. The molecule has 0 saturated heterocycles. The lowest BCUT2D eigenvalue weighted by molar-refractivity contribution is 0.112. The first kappa shape index (κ1) is 17.3. The van der Waals surface area contributed by atoms with Crippen molar-refractivity contribution in [2.24, 2.45) is 10.7 Å². The molecule has 0 unspecified atom stereocenters. The molecule has 0 amide bonds. The second-order valence-corrected chi connectivity index (χ2v) is 7.93. The van der Waals surface area contributed by atoms with E-state index in [1.54, 1.807) is 0 Å². The SMILES string of the molecule is CC(C)(CN=C(N)NC1CCCCC1)N1CCc2ccccc2C1. The summed E-state index contributed by atoms with van der Waals surface area (Å²) in [6, 6.07) is 9.30. The Morgan fingerprint density at radius 1 is 1.21 bits per heavy atom. The number of hydrogen-bond acceptors (Lipinski definition) is 2. The molecule has 0 aromatic heterocycles. The zero-order chi connectivity index (χ0) is 17.0. The lowest BCUT2D eigenvalue weighted by atomic mass is 9.94. The maximum Gasteiger partial charge on any atom is 0.188 e. The van der Waals surface area contributed by atoms with Gasteiger partial charge in [0.2, 0.25) is 0 Å². The van der Waals surface area contributed by atoms with Gasteiger partial charge >= 0.3 is 0 Å². The highest BCUT2D eigenvalue weighted by Gasteiger charge is 2.29. The van der Waals surface area contributed by atoms with Gasteiger partial charge in [-0.1, -0.05) is 43.5 Å². The fourth-order valence-corrected chi connectivity index (χ4v) is 3.89. The van der Waals surface area contributed by atoms with E-state index in [1.807, 2.05) is 0 Å².